The van der Waals surface area contributed by atoms with Crippen molar-refractivity contribution in [3.05, 3.63) is 41.8 Å². The zero-order valence-electron chi connectivity index (χ0n) is 11.0. The Morgan fingerprint density at radius 3 is 2.58 bits per heavy atom. The summed E-state index contributed by atoms with van der Waals surface area (Å²) >= 11 is 0. The van der Waals surface area contributed by atoms with Crippen LogP contribution in [0.2, 0.25) is 0 Å². The van der Waals surface area contributed by atoms with Crippen LogP contribution in [0.5, 0.6) is 0 Å². The first-order valence-electron chi connectivity index (χ1n) is 6.61. The second-order valence-corrected chi connectivity index (χ2v) is 4.97. The lowest BCUT2D eigenvalue weighted by Crippen LogP contribution is -2.16. The minimum Gasteiger partial charge on any atom is -0.381 e. The van der Waals surface area contributed by atoms with Crippen LogP contribution in [0.15, 0.2) is 30.3 Å². The van der Waals surface area contributed by atoms with Crippen LogP contribution >= 0.6 is 0 Å². The van der Waals surface area contributed by atoms with Crippen molar-refractivity contribution in [1.29, 1.82) is 0 Å². The highest BCUT2D eigenvalue weighted by atomic mass is 19.1. The lowest BCUT2D eigenvalue weighted by atomic mass is 9.96. The maximum atomic E-state index is 12.9. The molecule has 0 radical (unpaired) electrons. The van der Waals surface area contributed by atoms with Gasteiger partial charge in [0, 0.05) is 37.4 Å². The number of hydrogen-bond donors (Lipinski definition) is 0. The van der Waals surface area contributed by atoms with E-state index in [0.29, 0.717) is 5.92 Å². The molecule has 1 aromatic carbocycles. The van der Waals surface area contributed by atoms with Gasteiger partial charge in [-0.05, 0) is 43.2 Å². The highest BCUT2D eigenvalue weighted by molar-refractivity contribution is 5.59. The topological polar surface area (TPSA) is 27.1 Å². The Bertz CT molecular complexity index is 556. The molecule has 2 aromatic rings. The summed E-state index contributed by atoms with van der Waals surface area (Å²) in [6.07, 6.45) is 2.09. The van der Waals surface area contributed by atoms with Crippen LogP contribution in [0.1, 0.15) is 24.5 Å². The lowest BCUT2D eigenvalue weighted by molar-refractivity contribution is 0.0837. The quantitative estimate of drug-likeness (QED) is 0.829. The molecule has 0 N–H and O–H groups in total. The van der Waals surface area contributed by atoms with Crippen LogP contribution < -0.4 is 0 Å². The predicted octanol–water partition coefficient (Wildman–Crippen LogP) is 3.12. The zero-order valence-corrected chi connectivity index (χ0v) is 11.0. The zero-order chi connectivity index (χ0) is 13.2. The van der Waals surface area contributed by atoms with Crippen LogP contribution in [0.25, 0.3) is 11.3 Å². The summed E-state index contributed by atoms with van der Waals surface area (Å²) < 4.78 is 20.3. The van der Waals surface area contributed by atoms with Crippen LogP contribution in [-0.2, 0) is 11.8 Å². The second kappa shape index (κ2) is 5.13. The Morgan fingerprint density at radius 1 is 1.21 bits per heavy atom. The summed E-state index contributed by atoms with van der Waals surface area (Å²) in [5.74, 6) is 0.296. The minimum absolute atomic E-state index is 0.218. The fraction of sp³-hybridized carbons (Fsp3) is 0.400. The largest absolute Gasteiger partial charge is 0.381 e. The highest BCUT2D eigenvalue weighted by Crippen LogP contribution is 2.29. The van der Waals surface area contributed by atoms with Gasteiger partial charge in [-0.3, -0.25) is 4.68 Å². The third-order valence-corrected chi connectivity index (χ3v) is 3.70. The van der Waals surface area contributed by atoms with Crippen molar-refractivity contribution in [2.45, 2.75) is 18.8 Å². The number of benzene rings is 1. The summed E-state index contributed by atoms with van der Waals surface area (Å²) in [6, 6.07) is 8.59. The van der Waals surface area contributed by atoms with E-state index in [1.807, 2.05) is 11.7 Å². The third-order valence-electron chi connectivity index (χ3n) is 3.70. The normalized spacial score (nSPS) is 16.7. The molecule has 0 atom stereocenters. The van der Waals surface area contributed by atoms with Crippen LogP contribution in [0, 0.1) is 5.82 Å². The molecule has 0 amide bonds. The minimum atomic E-state index is -0.218. The third kappa shape index (κ3) is 2.54. The Kier molecular flexibility index (Phi) is 3.34. The van der Waals surface area contributed by atoms with Gasteiger partial charge in [-0.1, -0.05) is 0 Å². The van der Waals surface area contributed by atoms with Crippen LogP contribution in [-0.4, -0.2) is 23.0 Å². The second-order valence-electron chi connectivity index (χ2n) is 4.97. The van der Waals surface area contributed by atoms with Gasteiger partial charge in [0.15, 0.2) is 0 Å². The molecule has 1 aromatic heterocycles. The molecular weight excluding hydrogens is 243 g/mol. The SMILES string of the molecule is Cn1nc(-c2ccc(F)cc2)cc1C1CCOCC1. The number of aryl methyl sites for hydroxylation is 1. The summed E-state index contributed by atoms with van der Waals surface area (Å²) in [5.41, 5.74) is 3.10. The van der Waals surface area contributed by atoms with Gasteiger partial charge < -0.3 is 4.74 Å². The van der Waals surface area contributed by atoms with Crippen molar-refractivity contribution in [2.24, 2.45) is 7.05 Å². The van der Waals surface area contributed by atoms with Gasteiger partial charge in [-0.15, -0.1) is 0 Å². The lowest BCUT2D eigenvalue weighted by Gasteiger charge is -2.21. The molecule has 0 aliphatic carbocycles. The fourth-order valence-corrected chi connectivity index (χ4v) is 2.62. The van der Waals surface area contributed by atoms with E-state index in [4.69, 9.17) is 4.74 Å². The van der Waals surface area contributed by atoms with Crippen molar-refractivity contribution in [3.63, 3.8) is 0 Å². The van der Waals surface area contributed by atoms with E-state index >= 15 is 0 Å². The molecule has 3 nitrogen and oxygen atoms in total. The number of aromatic nitrogens is 2. The van der Waals surface area contributed by atoms with Crippen molar-refractivity contribution < 1.29 is 9.13 Å². The molecule has 1 saturated heterocycles. The van der Waals surface area contributed by atoms with E-state index < -0.39 is 0 Å². The maximum Gasteiger partial charge on any atom is 0.123 e. The molecule has 0 spiro atoms. The molecule has 1 aliphatic heterocycles. The van der Waals surface area contributed by atoms with E-state index in [1.54, 1.807) is 12.1 Å². The van der Waals surface area contributed by atoms with E-state index in [-0.39, 0.29) is 5.82 Å². The van der Waals surface area contributed by atoms with Crippen LogP contribution in [0.4, 0.5) is 4.39 Å². The van der Waals surface area contributed by atoms with Crippen molar-refractivity contribution >= 4 is 0 Å². The monoisotopic (exact) mass is 260 g/mol. The molecule has 0 saturated carbocycles. The Labute approximate surface area is 112 Å². The molecule has 1 fully saturated rings. The van der Waals surface area contributed by atoms with Gasteiger partial charge in [-0.25, -0.2) is 4.39 Å². The summed E-state index contributed by atoms with van der Waals surface area (Å²) in [7, 11) is 1.97. The number of halogens is 1. The highest BCUT2D eigenvalue weighted by Gasteiger charge is 2.20. The van der Waals surface area contributed by atoms with E-state index in [0.717, 1.165) is 37.3 Å². The smallest absolute Gasteiger partial charge is 0.123 e. The van der Waals surface area contributed by atoms with Crippen molar-refractivity contribution in [2.75, 3.05) is 13.2 Å². The first-order valence-corrected chi connectivity index (χ1v) is 6.61. The average Bonchev–Trinajstić information content (AvgIpc) is 2.83. The molecule has 2 heterocycles. The Hall–Kier alpha value is -1.68. The summed E-state index contributed by atoms with van der Waals surface area (Å²) in [6.45, 7) is 1.64. The molecule has 19 heavy (non-hydrogen) atoms. The number of hydrogen-bond acceptors (Lipinski definition) is 2. The first-order chi connectivity index (χ1) is 9.24. The average molecular weight is 260 g/mol. The maximum absolute atomic E-state index is 12.9. The standard InChI is InChI=1S/C15H17FN2O/c1-18-15(12-6-8-19-9-7-12)10-14(17-18)11-2-4-13(16)5-3-11/h2-5,10,12H,6-9H2,1H3. The van der Waals surface area contributed by atoms with Gasteiger partial charge in [0.05, 0.1) is 5.69 Å². The van der Waals surface area contributed by atoms with Crippen LogP contribution in [0.3, 0.4) is 0 Å². The number of nitrogens with zero attached hydrogens (tertiary/aromatic N) is 2. The molecule has 100 valence electrons. The van der Waals surface area contributed by atoms with Gasteiger partial charge in [0.25, 0.3) is 0 Å². The van der Waals surface area contributed by atoms with Gasteiger partial charge in [-0.2, -0.15) is 5.10 Å². The van der Waals surface area contributed by atoms with E-state index in [9.17, 15) is 4.39 Å². The van der Waals surface area contributed by atoms with E-state index in [2.05, 4.69) is 11.2 Å². The summed E-state index contributed by atoms with van der Waals surface area (Å²) in [5, 5.41) is 4.54. The first kappa shape index (κ1) is 12.4. The molecular formula is C15H17FN2O. The number of ether oxygens (including phenoxy) is 1. The molecule has 0 bridgehead atoms. The molecule has 4 heteroatoms. The predicted molar refractivity (Wildman–Crippen MR) is 71.4 cm³/mol. The number of rotatable bonds is 2. The van der Waals surface area contributed by atoms with Crippen molar-refractivity contribution in [1.82, 2.24) is 9.78 Å². The van der Waals surface area contributed by atoms with Gasteiger partial charge in [0.2, 0.25) is 0 Å². The van der Waals surface area contributed by atoms with Gasteiger partial charge in [0.1, 0.15) is 5.82 Å². The summed E-state index contributed by atoms with van der Waals surface area (Å²) in [4.78, 5) is 0. The molecule has 0 unspecified atom stereocenters. The fourth-order valence-electron chi connectivity index (χ4n) is 2.62. The Balaban J connectivity index is 1.90. The molecule has 1 aliphatic rings. The molecule has 3 rings (SSSR count). The van der Waals surface area contributed by atoms with Crippen molar-refractivity contribution in [3.8, 4) is 11.3 Å². The Morgan fingerprint density at radius 2 is 1.89 bits per heavy atom. The van der Waals surface area contributed by atoms with E-state index in [1.165, 1.54) is 17.8 Å². The van der Waals surface area contributed by atoms with Gasteiger partial charge >= 0.3 is 0 Å².